The van der Waals surface area contributed by atoms with E-state index < -0.39 is 23.4 Å². The van der Waals surface area contributed by atoms with E-state index in [0.29, 0.717) is 25.0 Å². The third kappa shape index (κ3) is 3.60. The van der Waals surface area contributed by atoms with E-state index in [1.165, 1.54) is 18.2 Å². The summed E-state index contributed by atoms with van der Waals surface area (Å²) >= 11 is 0. The SMILES string of the molecule is N#CC(C#N)=NNc1cc(F)ccc1-n1nc(C(F)(F)F)c2c1CCCC2. The molecule has 0 saturated carbocycles. The van der Waals surface area contributed by atoms with Crippen molar-refractivity contribution in [3.05, 3.63) is 41.0 Å². The average molecular weight is 376 g/mol. The number of hydrogen-bond acceptors (Lipinski definition) is 5. The first kappa shape index (κ1) is 18.4. The van der Waals surface area contributed by atoms with Crippen molar-refractivity contribution in [3.63, 3.8) is 0 Å². The Labute approximate surface area is 151 Å². The average Bonchev–Trinajstić information content (AvgIpc) is 3.03. The topological polar surface area (TPSA) is 89.8 Å². The van der Waals surface area contributed by atoms with Crippen molar-refractivity contribution in [1.82, 2.24) is 9.78 Å². The first-order chi connectivity index (χ1) is 12.8. The third-order valence-corrected chi connectivity index (χ3v) is 4.14. The lowest BCUT2D eigenvalue weighted by Crippen LogP contribution is -2.11. The number of alkyl halides is 3. The zero-order valence-electron chi connectivity index (χ0n) is 13.8. The molecule has 1 N–H and O–H groups in total. The van der Waals surface area contributed by atoms with E-state index >= 15 is 0 Å². The molecule has 0 aliphatic heterocycles. The molecule has 0 fully saturated rings. The molecule has 1 aromatic heterocycles. The molecule has 27 heavy (non-hydrogen) atoms. The van der Waals surface area contributed by atoms with Crippen molar-refractivity contribution in [2.75, 3.05) is 5.43 Å². The monoisotopic (exact) mass is 376 g/mol. The maximum atomic E-state index is 13.7. The number of nitriles is 2. The largest absolute Gasteiger partial charge is 0.435 e. The fraction of sp³-hybridized carbons (Fsp3) is 0.294. The number of benzene rings is 1. The van der Waals surface area contributed by atoms with Crippen LogP contribution in [0.25, 0.3) is 5.69 Å². The molecule has 2 aromatic rings. The Balaban J connectivity index is 2.15. The molecule has 3 rings (SSSR count). The van der Waals surface area contributed by atoms with Crippen LogP contribution in [-0.4, -0.2) is 15.5 Å². The van der Waals surface area contributed by atoms with Gasteiger partial charge >= 0.3 is 6.18 Å². The van der Waals surface area contributed by atoms with Crippen molar-refractivity contribution >= 4 is 11.4 Å². The summed E-state index contributed by atoms with van der Waals surface area (Å²) in [7, 11) is 0. The Morgan fingerprint density at radius 1 is 1.19 bits per heavy atom. The molecule has 10 heteroatoms. The van der Waals surface area contributed by atoms with E-state index in [2.05, 4.69) is 15.6 Å². The first-order valence-corrected chi connectivity index (χ1v) is 7.97. The molecule has 1 heterocycles. The molecule has 0 atom stereocenters. The van der Waals surface area contributed by atoms with Gasteiger partial charge < -0.3 is 0 Å². The predicted octanol–water partition coefficient (Wildman–Crippen LogP) is 3.72. The van der Waals surface area contributed by atoms with E-state index in [1.807, 2.05) is 0 Å². The van der Waals surface area contributed by atoms with Gasteiger partial charge in [-0.1, -0.05) is 0 Å². The zero-order chi connectivity index (χ0) is 19.6. The predicted molar refractivity (Wildman–Crippen MR) is 87.4 cm³/mol. The van der Waals surface area contributed by atoms with E-state index in [4.69, 9.17) is 10.5 Å². The summed E-state index contributed by atoms with van der Waals surface area (Å²) < 4.78 is 54.9. The lowest BCUT2D eigenvalue weighted by atomic mass is 9.95. The Kier molecular flexibility index (Phi) is 4.82. The van der Waals surface area contributed by atoms with E-state index in [-0.39, 0.29) is 23.4 Å². The third-order valence-electron chi connectivity index (χ3n) is 4.14. The van der Waals surface area contributed by atoms with Gasteiger partial charge in [-0.2, -0.15) is 33.9 Å². The van der Waals surface area contributed by atoms with Crippen LogP contribution in [0.5, 0.6) is 0 Å². The summed E-state index contributed by atoms with van der Waals surface area (Å²) in [5.41, 5.74) is 1.59. The second-order valence-corrected chi connectivity index (χ2v) is 5.85. The quantitative estimate of drug-likeness (QED) is 0.502. The summed E-state index contributed by atoms with van der Waals surface area (Å²) in [6, 6.07) is 6.43. The molecule has 138 valence electrons. The zero-order valence-corrected chi connectivity index (χ0v) is 13.8. The molecule has 0 amide bonds. The standard InChI is InChI=1S/C17H12F4N6/c18-10-5-6-15(13(7-10)25-24-11(8-22)9-23)27-14-4-2-1-3-12(14)16(26-27)17(19,20)21/h5-7,25H,1-4H2. The van der Waals surface area contributed by atoms with E-state index in [9.17, 15) is 17.6 Å². The van der Waals surface area contributed by atoms with Crippen LogP contribution in [0.4, 0.5) is 23.2 Å². The van der Waals surface area contributed by atoms with Crippen LogP contribution >= 0.6 is 0 Å². The number of halogens is 4. The molecule has 1 aliphatic carbocycles. The van der Waals surface area contributed by atoms with Crippen LogP contribution in [0.2, 0.25) is 0 Å². The van der Waals surface area contributed by atoms with Gasteiger partial charge in [-0.3, -0.25) is 5.43 Å². The lowest BCUT2D eigenvalue weighted by molar-refractivity contribution is -0.142. The number of nitrogens with zero attached hydrogens (tertiary/aromatic N) is 5. The lowest BCUT2D eigenvalue weighted by Gasteiger charge is -2.16. The Morgan fingerprint density at radius 2 is 1.89 bits per heavy atom. The maximum absolute atomic E-state index is 13.7. The van der Waals surface area contributed by atoms with Crippen LogP contribution < -0.4 is 5.43 Å². The summed E-state index contributed by atoms with van der Waals surface area (Å²) in [6.07, 6.45) is -2.59. The summed E-state index contributed by atoms with van der Waals surface area (Å²) in [5, 5.41) is 24.8. The molecule has 6 nitrogen and oxygen atoms in total. The minimum Gasteiger partial charge on any atom is -0.274 e. The number of rotatable bonds is 3. The Bertz CT molecular complexity index is 975. The molecule has 0 unspecified atom stereocenters. The van der Waals surface area contributed by atoms with Gasteiger partial charge in [0.25, 0.3) is 0 Å². The van der Waals surface area contributed by atoms with E-state index in [0.717, 1.165) is 16.8 Å². The molecule has 0 spiro atoms. The van der Waals surface area contributed by atoms with Gasteiger partial charge in [0.15, 0.2) is 5.69 Å². The van der Waals surface area contributed by atoms with Gasteiger partial charge in [0, 0.05) is 17.3 Å². The van der Waals surface area contributed by atoms with Gasteiger partial charge in [-0.25, -0.2) is 9.07 Å². The molecule has 1 aromatic carbocycles. The summed E-state index contributed by atoms with van der Waals surface area (Å²) in [5.74, 6) is -0.663. The van der Waals surface area contributed by atoms with Crippen molar-refractivity contribution < 1.29 is 17.6 Å². The van der Waals surface area contributed by atoms with Crippen molar-refractivity contribution in [3.8, 4) is 17.8 Å². The highest BCUT2D eigenvalue weighted by molar-refractivity contribution is 6.10. The van der Waals surface area contributed by atoms with Gasteiger partial charge in [0.05, 0.1) is 11.4 Å². The summed E-state index contributed by atoms with van der Waals surface area (Å²) in [4.78, 5) is 0. The van der Waals surface area contributed by atoms with Crippen LogP contribution in [0.15, 0.2) is 23.3 Å². The maximum Gasteiger partial charge on any atom is 0.435 e. The van der Waals surface area contributed by atoms with Gasteiger partial charge in [0.2, 0.25) is 5.71 Å². The van der Waals surface area contributed by atoms with Crippen molar-refractivity contribution in [2.45, 2.75) is 31.9 Å². The fourth-order valence-electron chi connectivity index (χ4n) is 3.00. The molecule has 0 saturated heterocycles. The second kappa shape index (κ2) is 7.08. The Morgan fingerprint density at radius 3 is 2.56 bits per heavy atom. The van der Waals surface area contributed by atoms with Gasteiger partial charge in [0.1, 0.15) is 18.0 Å². The van der Waals surface area contributed by atoms with E-state index in [1.54, 1.807) is 0 Å². The smallest absolute Gasteiger partial charge is 0.274 e. The van der Waals surface area contributed by atoms with Crippen molar-refractivity contribution in [1.29, 1.82) is 10.5 Å². The minimum atomic E-state index is -4.60. The van der Waals surface area contributed by atoms with Crippen LogP contribution in [-0.2, 0) is 19.0 Å². The number of hydrogen-bond donors (Lipinski definition) is 1. The minimum absolute atomic E-state index is 0.0115. The number of anilines is 1. The fourth-order valence-corrected chi connectivity index (χ4v) is 3.00. The molecule has 0 radical (unpaired) electrons. The highest BCUT2D eigenvalue weighted by Gasteiger charge is 2.39. The highest BCUT2D eigenvalue weighted by Crippen LogP contribution is 2.37. The molecule has 0 bridgehead atoms. The highest BCUT2D eigenvalue weighted by atomic mass is 19.4. The molecular formula is C17H12F4N6. The van der Waals surface area contributed by atoms with Crippen LogP contribution in [0.1, 0.15) is 29.8 Å². The normalized spacial score (nSPS) is 13.3. The number of aromatic nitrogens is 2. The summed E-state index contributed by atoms with van der Waals surface area (Å²) in [6.45, 7) is 0. The van der Waals surface area contributed by atoms with Gasteiger partial charge in [-0.15, -0.1) is 0 Å². The van der Waals surface area contributed by atoms with Crippen LogP contribution in [0.3, 0.4) is 0 Å². The van der Waals surface area contributed by atoms with Crippen LogP contribution in [0, 0.1) is 28.5 Å². The second-order valence-electron chi connectivity index (χ2n) is 5.85. The van der Waals surface area contributed by atoms with Crippen molar-refractivity contribution in [2.24, 2.45) is 5.10 Å². The number of nitrogens with one attached hydrogen (secondary N) is 1. The number of hydrazone groups is 1. The van der Waals surface area contributed by atoms with Gasteiger partial charge in [-0.05, 0) is 37.8 Å². The molecular weight excluding hydrogens is 364 g/mol. The molecule has 1 aliphatic rings. The number of fused-ring (bicyclic) bond motifs is 1. The first-order valence-electron chi connectivity index (χ1n) is 7.97. The Hall–Kier alpha value is -3.40.